The molecule has 0 unspecified atom stereocenters. The Morgan fingerprint density at radius 1 is 1.45 bits per heavy atom. The summed E-state index contributed by atoms with van der Waals surface area (Å²) in [5.41, 5.74) is 4.28. The van der Waals surface area contributed by atoms with E-state index < -0.39 is 0 Å². The topological polar surface area (TPSA) is 54.5 Å². The summed E-state index contributed by atoms with van der Waals surface area (Å²) < 4.78 is 6.13. The van der Waals surface area contributed by atoms with Crippen LogP contribution in [0, 0.1) is 0 Å². The summed E-state index contributed by atoms with van der Waals surface area (Å²) in [6, 6.07) is 7.80. The minimum Gasteiger partial charge on any atom is -0.462 e. The second kappa shape index (κ2) is 6.49. The van der Waals surface area contributed by atoms with Gasteiger partial charge in [-0.1, -0.05) is 12.1 Å². The van der Waals surface area contributed by atoms with E-state index >= 15 is 0 Å². The van der Waals surface area contributed by atoms with Crippen molar-refractivity contribution in [2.45, 2.75) is 6.92 Å². The van der Waals surface area contributed by atoms with Gasteiger partial charge in [-0.3, -0.25) is 0 Å². The molecule has 0 spiro atoms. The first-order valence-corrected chi connectivity index (χ1v) is 7.10. The average Bonchev–Trinajstić information content (AvgIpc) is 2.82. The van der Waals surface area contributed by atoms with Crippen molar-refractivity contribution in [1.29, 1.82) is 0 Å². The van der Waals surface area contributed by atoms with Gasteiger partial charge in [-0.2, -0.15) is 0 Å². The maximum absolute atomic E-state index is 12.1. The number of benzene rings is 1. The highest BCUT2D eigenvalue weighted by Gasteiger charge is 2.17. The van der Waals surface area contributed by atoms with Crippen LogP contribution in [0.1, 0.15) is 11.9 Å². The maximum Gasteiger partial charge on any atom is 0.342 e. The zero-order valence-electron chi connectivity index (χ0n) is 11.7. The monoisotopic (exact) mass is 291 g/mol. The van der Waals surface area contributed by atoms with Crippen LogP contribution >= 0.6 is 11.3 Å². The Morgan fingerprint density at radius 2 is 2.20 bits per heavy atom. The summed E-state index contributed by atoms with van der Waals surface area (Å²) in [5.74, 6) is -0.374. The van der Waals surface area contributed by atoms with Gasteiger partial charge in [0.2, 0.25) is 0 Å². The second-order valence-electron chi connectivity index (χ2n) is 4.29. The number of esters is 1. The highest BCUT2D eigenvalue weighted by Crippen LogP contribution is 2.27. The van der Waals surface area contributed by atoms with Crippen LogP contribution in [0.4, 0.5) is 0 Å². The molecule has 5 nitrogen and oxygen atoms in total. The van der Waals surface area contributed by atoms with Gasteiger partial charge in [0, 0.05) is 20.3 Å². The fourth-order valence-corrected chi connectivity index (χ4v) is 2.57. The molecule has 6 heteroatoms. The summed E-state index contributed by atoms with van der Waals surface area (Å²) in [6.45, 7) is 2.12. The molecule has 0 saturated heterocycles. The standard InChI is InChI=1S/C14H17N3O2S/c1-4-19-14(18)10(9-15-17(2)3)13-16-11-7-5-6-8-12(11)20-13/h5-9,15H,4H2,1-3H3/b10-9+. The molecule has 0 amide bonds. The fraction of sp³-hybridized carbons (Fsp3) is 0.286. The first-order chi connectivity index (χ1) is 9.61. The highest BCUT2D eigenvalue weighted by molar-refractivity contribution is 7.19. The second-order valence-corrected chi connectivity index (χ2v) is 5.32. The van der Waals surface area contributed by atoms with Crippen molar-refractivity contribution in [3.8, 4) is 0 Å². The number of fused-ring (bicyclic) bond motifs is 1. The number of thiazole rings is 1. The van der Waals surface area contributed by atoms with E-state index in [2.05, 4.69) is 10.4 Å². The molecule has 0 radical (unpaired) electrons. The van der Waals surface area contributed by atoms with Crippen molar-refractivity contribution in [2.75, 3.05) is 20.7 Å². The predicted octanol–water partition coefficient (Wildman–Crippen LogP) is 2.27. The predicted molar refractivity (Wildman–Crippen MR) is 81.1 cm³/mol. The smallest absolute Gasteiger partial charge is 0.342 e. The van der Waals surface area contributed by atoms with Gasteiger partial charge in [0.25, 0.3) is 0 Å². The molecule has 0 aliphatic heterocycles. The number of aromatic nitrogens is 1. The Morgan fingerprint density at radius 3 is 2.85 bits per heavy atom. The lowest BCUT2D eigenvalue weighted by molar-refractivity contribution is -0.136. The molecule has 0 atom stereocenters. The van der Waals surface area contributed by atoms with E-state index in [0.29, 0.717) is 17.2 Å². The lowest BCUT2D eigenvalue weighted by Crippen LogP contribution is -2.26. The Labute approximate surface area is 121 Å². The number of hydrogen-bond acceptors (Lipinski definition) is 6. The third-order valence-electron chi connectivity index (χ3n) is 2.49. The molecule has 1 aromatic carbocycles. The normalized spacial score (nSPS) is 11.9. The van der Waals surface area contributed by atoms with Crippen molar-refractivity contribution in [3.05, 3.63) is 35.5 Å². The van der Waals surface area contributed by atoms with Gasteiger partial charge in [-0.25, -0.2) is 14.8 Å². The first-order valence-electron chi connectivity index (χ1n) is 6.28. The minimum absolute atomic E-state index is 0.336. The molecule has 0 aliphatic rings. The summed E-state index contributed by atoms with van der Waals surface area (Å²) in [5, 5.41) is 2.39. The first kappa shape index (κ1) is 14.5. The molecule has 0 fully saturated rings. The number of hydrogen-bond donors (Lipinski definition) is 1. The van der Waals surface area contributed by atoms with Crippen LogP contribution in [-0.4, -0.2) is 36.7 Å². The van der Waals surface area contributed by atoms with E-state index in [4.69, 9.17) is 4.74 Å². The molecular weight excluding hydrogens is 274 g/mol. The van der Waals surface area contributed by atoms with Gasteiger partial charge in [-0.15, -0.1) is 11.3 Å². The molecule has 1 aromatic heterocycles. The Bertz CT molecular complexity index is 601. The number of nitrogens with one attached hydrogen (secondary N) is 1. The zero-order valence-corrected chi connectivity index (χ0v) is 12.5. The molecular formula is C14H17N3O2S. The number of hydrazine groups is 1. The van der Waals surface area contributed by atoms with Gasteiger partial charge in [0.1, 0.15) is 10.6 Å². The van der Waals surface area contributed by atoms with Crippen molar-refractivity contribution in [1.82, 2.24) is 15.4 Å². The van der Waals surface area contributed by atoms with Gasteiger partial charge < -0.3 is 10.2 Å². The van der Waals surface area contributed by atoms with Gasteiger partial charge in [0.15, 0.2) is 0 Å². The van der Waals surface area contributed by atoms with Gasteiger partial charge in [0.05, 0.1) is 16.8 Å². The fourth-order valence-electron chi connectivity index (χ4n) is 1.60. The van der Waals surface area contributed by atoms with Crippen molar-refractivity contribution in [2.24, 2.45) is 0 Å². The van der Waals surface area contributed by atoms with E-state index in [1.807, 2.05) is 38.4 Å². The average molecular weight is 291 g/mol. The largest absolute Gasteiger partial charge is 0.462 e. The molecule has 0 aliphatic carbocycles. The van der Waals surface area contributed by atoms with Crippen LogP contribution in [-0.2, 0) is 9.53 Å². The zero-order chi connectivity index (χ0) is 14.5. The minimum atomic E-state index is -0.374. The van der Waals surface area contributed by atoms with E-state index in [1.54, 1.807) is 18.1 Å². The number of carbonyl (C=O) groups is 1. The van der Waals surface area contributed by atoms with Crippen molar-refractivity contribution < 1.29 is 9.53 Å². The molecule has 1 N–H and O–H groups in total. The van der Waals surface area contributed by atoms with Crippen LogP contribution in [0.15, 0.2) is 30.5 Å². The van der Waals surface area contributed by atoms with Crippen LogP contribution in [0.2, 0.25) is 0 Å². The number of ether oxygens (including phenoxy) is 1. The van der Waals surface area contributed by atoms with E-state index in [-0.39, 0.29) is 5.97 Å². The molecule has 0 saturated carbocycles. The third kappa shape index (κ3) is 3.34. The van der Waals surface area contributed by atoms with Crippen molar-refractivity contribution in [3.63, 3.8) is 0 Å². The molecule has 106 valence electrons. The van der Waals surface area contributed by atoms with Crippen molar-refractivity contribution >= 4 is 33.1 Å². The Kier molecular flexibility index (Phi) is 4.70. The van der Waals surface area contributed by atoms with Crippen LogP contribution in [0.3, 0.4) is 0 Å². The molecule has 2 rings (SSSR count). The summed E-state index contributed by atoms with van der Waals surface area (Å²) in [4.78, 5) is 16.5. The summed E-state index contributed by atoms with van der Waals surface area (Å²) in [7, 11) is 3.69. The molecule has 20 heavy (non-hydrogen) atoms. The van der Waals surface area contributed by atoms with E-state index in [0.717, 1.165) is 10.2 Å². The molecule has 0 bridgehead atoms. The number of nitrogens with zero attached hydrogens (tertiary/aromatic N) is 2. The molecule has 2 aromatic rings. The lowest BCUT2D eigenvalue weighted by atomic mass is 10.3. The summed E-state index contributed by atoms with van der Waals surface area (Å²) >= 11 is 1.47. The SMILES string of the molecule is CCOC(=O)/C(=C/NN(C)C)c1nc2ccccc2s1. The van der Waals surface area contributed by atoms with E-state index in [1.165, 1.54) is 11.3 Å². The lowest BCUT2D eigenvalue weighted by Gasteiger charge is -2.10. The van der Waals surface area contributed by atoms with Gasteiger partial charge in [-0.05, 0) is 19.1 Å². The van der Waals surface area contributed by atoms with Crippen LogP contribution in [0.5, 0.6) is 0 Å². The van der Waals surface area contributed by atoms with Gasteiger partial charge >= 0.3 is 5.97 Å². The number of rotatable bonds is 5. The number of para-hydroxylation sites is 1. The number of carbonyl (C=O) groups excluding carboxylic acids is 1. The molecule has 1 heterocycles. The van der Waals surface area contributed by atoms with Crippen LogP contribution in [0.25, 0.3) is 15.8 Å². The summed E-state index contributed by atoms with van der Waals surface area (Å²) in [6.07, 6.45) is 1.62. The van der Waals surface area contributed by atoms with E-state index in [9.17, 15) is 4.79 Å². The third-order valence-corrected chi connectivity index (χ3v) is 3.56. The Hall–Kier alpha value is -1.92. The Balaban J connectivity index is 2.39. The van der Waals surface area contributed by atoms with Crippen LogP contribution < -0.4 is 5.43 Å². The quantitative estimate of drug-likeness (QED) is 0.520. The maximum atomic E-state index is 12.1. The highest BCUT2D eigenvalue weighted by atomic mass is 32.1.